The van der Waals surface area contributed by atoms with Gasteiger partial charge in [0.25, 0.3) is 0 Å². The highest BCUT2D eigenvalue weighted by Crippen LogP contribution is 2.25. The van der Waals surface area contributed by atoms with Gasteiger partial charge in [-0.3, -0.25) is 4.40 Å². The summed E-state index contributed by atoms with van der Waals surface area (Å²) in [5.74, 6) is 2.41. The van der Waals surface area contributed by atoms with Crippen molar-refractivity contribution in [1.29, 1.82) is 0 Å². The summed E-state index contributed by atoms with van der Waals surface area (Å²) >= 11 is 0. The van der Waals surface area contributed by atoms with Crippen LogP contribution < -0.4 is 15.4 Å². The molecule has 0 fully saturated rings. The number of benzene rings is 1. The summed E-state index contributed by atoms with van der Waals surface area (Å²) in [5.41, 5.74) is 2.19. The number of nitrogens with one attached hydrogen (secondary N) is 2. The average molecular weight is 522 g/mol. The molecule has 0 spiro atoms. The Labute approximate surface area is 195 Å². The fraction of sp³-hybridized carbons (Fsp3) is 0.409. The third kappa shape index (κ3) is 6.58. The Balaban J connectivity index is 0.00000320. The molecule has 8 heteroatoms. The maximum Gasteiger partial charge on any atom is 0.191 e. The van der Waals surface area contributed by atoms with E-state index in [1.807, 2.05) is 47.9 Å². The summed E-state index contributed by atoms with van der Waals surface area (Å²) in [6, 6.07) is 14.1. The molecule has 0 radical (unpaired) electrons. The first-order valence-corrected chi connectivity index (χ1v) is 10.0. The van der Waals surface area contributed by atoms with Crippen LogP contribution >= 0.6 is 24.0 Å². The van der Waals surface area contributed by atoms with Gasteiger partial charge in [-0.2, -0.15) is 0 Å². The molecular weight excluding hydrogens is 491 g/mol. The Kier molecular flexibility index (Phi) is 8.88. The molecule has 0 atom stereocenters. The number of ether oxygens (including phenoxy) is 1. The van der Waals surface area contributed by atoms with Crippen LogP contribution in [0.3, 0.4) is 0 Å². The predicted molar refractivity (Wildman–Crippen MR) is 132 cm³/mol. The monoisotopic (exact) mass is 522 g/mol. The molecule has 3 aromatic rings. The van der Waals surface area contributed by atoms with Crippen LogP contribution in [0.2, 0.25) is 0 Å². The van der Waals surface area contributed by atoms with E-state index in [0.29, 0.717) is 19.7 Å². The van der Waals surface area contributed by atoms with E-state index in [9.17, 15) is 0 Å². The van der Waals surface area contributed by atoms with Gasteiger partial charge in [-0.1, -0.05) is 39.0 Å². The van der Waals surface area contributed by atoms with Crippen molar-refractivity contribution in [3.63, 3.8) is 0 Å². The normalized spacial score (nSPS) is 11.8. The van der Waals surface area contributed by atoms with E-state index in [0.717, 1.165) is 29.7 Å². The van der Waals surface area contributed by atoms with Gasteiger partial charge in [-0.05, 0) is 42.2 Å². The summed E-state index contributed by atoms with van der Waals surface area (Å²) in [6.07, 6.45) is 1.94. The molecule has 162 valence electrons. The number of rotatable bonds is 7. The van der Waals surface area contributed by atoms with Crippen molar-refractivity contribution in [2.75, 3.05) is 19.7 Å². The molecular formula is C22H31IN6O. The Morgan fingerprint density at radius 3 is 2.70 bits per heavy atom. The van der Waals surface area contributed by atoms with Crippen LogP contribution in [0.15, 0.2) is 53.7 Å². The van der Waals surface area contributed by atoms with Crippen molar-refractivity contribution in [2.45, 2.75) is 39.7 Å². The van der Waals surface area contributed by atoms with Crippen molar-refractivity contribution in [3.8, 4) is 5.75 Å². The molecule has 0 unspecified atom stereocenters. The first-order chi connectivity index (χ1) is 14.0. The largest absolute Gasteiger partial charge is 0.492 e. The maximum atomic E-state index is 5.91. The molecule has 0 bridgehead atoms. The van der Waals surface area contributed by atoms with Gasteiger partial charge in [0.2, 0.25) is 0 Å². The van der Waals surface area contributed by atoms with Crippen LogP contribution in [-0.2, 0) is 12.0 Å². The summed E-state index contributed by atoms with van der Waals surface area (Å²) in [5, 5.41) is 14.9. The molecule has 0 aliphatic rings. The molecule has 0 saturated heterocycles. The Bertz CT molecular complexity index is 963. The third-order valence-electron chi connectivity index (χ3n) is 4.47. The van der Waals surface area contributed by atoms with Crippen LogP contribution in [0.4, 0.5) is 0 Å². The lowest BCUT2D eigenvalue weighted by molar-refractivity contribution is 0.321. The van der Waals surface area contributed by atoms with E-state index in [4.69, 9.17) is 4.74 Å². The smallest absolute Gasteiger partial charge is 0.191 e. The van der Waals surface area contributed by atoms with E-state index < -0.39 is 0 Å². The minimum absolute atomic E-state index is 0. The lowest BCUT2D eigenvalue weighted by Crippen LogP contribution is -2.39. The summed E-state index contributed by atoms with van der Waals surface area (Å²) in [4.78, 5) is 4.61. The Morgan fingerprint density at radius 2 is 1.93 bits per heavy atom. The number of aromatic nitrogens is 3. The lowest BCUT2D eigenvalue weighted by atomic mass is 9.87. The minimum Gasteiger partial charge on any atom is -0.492 e. The van der Waals surface area contributed by atoms with E-state index in [1.54, 1.807) is 0 Å². The zero-order valence-electron chi connectivity index (χ0n) is 18.1. The molecule has 2 heterocycles. The molecule has 0 amide bonds. The molecule has 2 N–H and O–H groups in total. The zero-order valence-corrected chi connectivity index (χ0v) is 20.4. The molecule has 0 saturated carbocycles. The van der Waals surface area contributed by atoms with Gasteiger partial charge < -0.3 is 15.4 Å². The van der Waals surface area contributed by atoms with Crippen molar-refractivity contribution in [1.82, 2.24) is 25.2 Å². The van der Waals surface area contributed by atoms with Gasteiger partial charge in [0.15, 0.2) is 17.4 Å². The maximum absolute atomic E-state index is 5.91. The van der Waals surface area contributed by atoms with E-state index in [-0.39, 0.29) is 29.4 Å². The van der Waals surface area contributed by atoms with E-state index >= 15 is 0 Å². The predicted octanol–water partition coefficient (Wildman–Crippen LogP) is 3.78. The number of nitrogens with zero attached hydrogens (tertiary/aromatic N) is 4. The number of pyridine rings is 1. The van der Waals surface area contributed by atoms with Gasteiger partial charge in [0, 0.05) is 12.7 Å². The van der Waals surface area contributed by atoms with Gasteiger partial charge >= 0.3 is 0 Å². The number of hydrogen-bond donors (Lipinski definition) is 2. The average Bonchev–Trinajstić information content (AvgIpc) is 3.12. The van der Waals surface area contributed by atoms with Crippen LogP contribution in [0.1, 0.15) is 39.1 Å². The fourth-order valence-electron chi connectivity index (χ4n) is 2.88. The summed E-state index contributed by atoms with van der Waals surface area (Å²) in [7, 11) is 0. The minimum atomic E-state index is 0. The quantitative estimate of drug-likeness (QED) is 0.214. The Hall–Kier alpha value is -2.36. The first kappa shape index (κ1) is 23.9. The molecule has 7 nitrogen and oxygen atoms in total. The van der Waals surface area contributed by atoms with Gasteiger partial charge in [0.1, 0.15) is 18.9 Å². The van der Waals surface area contributed by atoms with Crippen LogP contribution in [0.25, 0.3) is 5.65 Å². The molecule has 0 aliphatic heterocycles. The second-order valence-corrected chi connectivity index (χ2v) is 7.79. The molecule has 3 rings (SSSR count). The van der Waals surface area contributed by atoms with Gasteiger partial charge in [0.05, 0.1) is 6.54 Å². The fourth-order valence-corrected chi connectivity index (χ4v) is 2.88. The number of guanidine groups is 1. The second-order valence-electron chi connectivity index (χ2n) is 7.79. The van der Waals surface area contributed by atoms with E-state index in [1.165, 1.54) is 5.56 Å². The highest BCUT2D eigenvalue weighted by molar-refractivity contribution is 14.0. The van der Waals surface area contributed by atoms with Crippen molar-refractivity contribution in [3.05, 3.63) is 60.0 Å². The molecule has 2 aromatic heterocycles. The molecule has 30 heavy (non-hydrogen) atoms. The standard InChI is InChI=1S/C22H30N6O.HI/c1-5-23-21(25-16-20-27-26-19-11-6-7-13-28(19)20)24-12-14-29-18-10-8-9-17(15-18)22(2,3)4;/h6-11,13,15H,5,12,14,16H2,1-4H3,(H2,23,24,25);1H. The van der Waals surface area contributed by atoms with Crippen LogP contribution in [-0.4, -0.2) is 40.3 Å². The van der Waals surface area contributed by atoms with Crippen molar-refractivity contribution >= 4 is 35.6 Å². The van der Waals surface area contributed by atoms with E-state index in [2.05, 4.69) is 58.7 Å². The first-order valence-electron chi connectivity index (χ1n) is 10.0. The highest BCUT2D eigenvalue weighted by atomic mass is 127. The topological polar surface area (TPSA) is 75.8 Å². The number of fused-ring (bicyclic) bond motifs is 1. The number of halogens is 1. The SMILES string of the molecule is CCNC(=NCc1nnc2ccccn12)NCCOc1cccc(C(C)(C)C)c1.I. The number of aliphatic imine (C=N–C) groups is 1. The number of hydrogen-bond acceptors (Lipinski definition) is 4. The third-order valence-corrected chi connectivity index (χ3v) is 4.47. The zero-order chi connectivity index (χ0) is 20.7. The molecule has 1 aromatic carbocycles. The van der Waals surface area contributed by atoms with Crippen molar-refractivity contribution < 1.29 is 4.74 Å². The van der Waals surface area contributed by atoms with Crippen molar-refractivity contribution in [2.24, 2.45) is 4.99 Å². The second kappa shape index (κ2) is 11.1. The highest BCUT2D eigenvalue weighted by Gasteiger charge is 2.13. The van der Waals surface area contributed by atoms with Crippen LogP contribution in [0.5, 0.6) is 5.75 Å². The van der Waals surface area contributed by atoms with Crippen LogP contribution in [0, 0.1) is 0 Å². The van der Waals surface area contributed by atoms with Gasteiger partial charge in [-0.25, -0.2) is 4.99 Å². The summed E-state index contributed by atoms with van der Waals surface area (Å²) in [6.45, 7) is 11.1. The summed E-state index contributed by atoms with van der Waals surface area (Å²) < 4.78 is 7.85. The lowest BCUT2D eigenvalue weighted by Gasteiger charge is -2.20. The Morgan fingerprint density at radius 1 is 1.10 bits per heavy atom. The molecule has 0 aliphatic carbocycles. The van der Waals surface area contributed by atoms with Gasteiger partial charge in [-0.15, -0.1) is 34.2 Å².